The maximum Gasteiger partial charge on any atom is 0.338 e. The van der Waals surface area contributed by atoms with E-state index in [1.54, 1.807) is 43.3 Å². The summed E-state index contributed by atoms with van der Waals surface area (Å²) in [6.07, 6.45) is 3.01. The summed E-state index contributed by atoms with van der Waals surface area (Å²) in [4.78, 5) is 38.0. The minimum absolute atomic E-state index is 0.0800. The molecule has 4 rings (SSSR count). The number of nitrogens with zero attached hydrogens (tertiary/aromatic N) is 5. The fourth-order valence-corrected chi connectivity index (χ4v) is 4.10. The highest BCUT2D eigenvalue weighted by Crippen LogP contribution is 2.32. The van der Waals surface area contributed by atoms with Crippen molar-refractivity contribution in [3.8, 4) is 11.5 Å². The van der Waals surface area contributed by atoms with Crippen LogP contribution in [-0.2, 0) is 19.1 Å². The molecule has 32 heavy (non-hydrogen) atoms. The maximum atomic E-state index is 13.4. The molecule has 0 bridgehead atoms. The van der Waals surface area contributed by atoms with E-state index in [1.165, 1.54) is 0 Å². The quantitative estimate of drug-likeness (QED) is 0.620. The molecule has 0 unspecified atom stereocenters. The summed E-state index contributed by atoms with van der Waals surface area (Å²) >= 11 is 0. The van der Waals surface area contributed by atoms with E-state index in [0.29, 0.717) is 44.4 Å². The van der Waals surface area contributed by atoms with Crippen LogP contribution >= 0.6 is 0 Å². The van der Waals surface area contributed by atoms with Gasteiger partial charge in [0.1, 0.15) is 0 Å². The number of carbonyl (C=O) groups excluding carboxylic acids is 2. The molecule has 2 aromatic heterocycles. The number of pyridine rings is 1. The number of hydrogen-bond donors (Lipinski definition) is 0. The van der Waals surface area contributed by atoms with E-state index in [2.05, 4.69) is 15.1 Å². The van der Waals surface area contributed by atoms with Gasteiger partial charge < -0.3 is 23.8 Å². The first kappa shape index (κ1) is 22.2. The topological polar surface area (TPSA) is 111 Å². The molecule has 0 N–H and O–H groups in total. The molecule has 0 aromatic carbocycles. The maximum absolute atomic E-state index is 13.4. The Balaban J connectivity index is 1.41. The van der Waals surface area contributed by atoms with E-state index in [9.17, 15) is 9.59 Å². The molecule has 2 fully saturated rings. The number of hydrogen-bond acceptors (Lipinski definition) is 9. The van der Waals surface area contributed by atoms with Gasteiger partial charge >= 0.3 is 5.97 Å². The van der Waals surface area contributed by atoms with E-state index in [4.69, 9.17) is 14.0 Å². The van der Waals surface area contributed by atoms with Gasteiger partial charge in [0.25, 0.3) is 11.8 Å². The Morgan fingerprint density at radius 1 is 1.19 bits per heavy atom. The van der Waals surface area contributed by atoms with Gasteiger partial charge in [-0.1, -0.05) is 13.8 Å². The van der Waals surface area contributed by atoms with E-state index in [1.807, 2.05) is 18.7 Å². The number of anilines is 1. The zero-order valence-electron chi connectivity index (χ0n) is 18.9. The average molecular weight is 444 g/mol. The Morgan fingerprint density at radius 2 is 1.88 bits per heavy atom. The van der Waals surface area contributed by atoms with Crippen LogP contribution < -0.4 is 4.90 Å². The second kappa shape index (κ2) is 8.85. The van der Waals surface area contributed by atoms with E-state index < -0.39 is 23.8 Å². The van der Waals surface area contributed by atoms with Gasteiger partial charge in [0, 0.05) is 58.0 Å². The summed E-state index contributed by atoms with van der Waals surface area (Å²) in [5.74, 6) is -0.979. The standard InChI is InChI=1S/C22H29N5O5/c1-14(2)13-16(17-20(29)31-22(3,4)30-17)19(28)26-9-11-27(12-10-26)21-24-18(32-25-21)15-5-7-23-8-6-15/h5-8,14,16-17H,9-13H2,1-4H3/t16-,17+/m0/s1. The van der Waals surface area contributed by atoms with E-state index in [-0.39, 0.29) is 11.8 Å². The number of amides is 1. The third-order valence-corrected chi connectivity index (χ3v) is 5.61. The summed E-state index contributed by atoms with van der Waals surface area (Å²) in [6, 6.07) is 3.61. The normalized spacial score (nSPS) is 21.7. The molecule has 0 aliphatic carbocycles. The first-order valence-corrected chi connectivity index (χ1v) is 10.9. The highest BCUT2D eigenvalue weighted by molar-refractivity contribution is 5.88. The van der Waals surface area contributed by atoms with Gasteiger partial charge in [0.05, 0.1) is 5.92 Å². The van der Waals surface area contributed by atoms with Crippen LogP contribution in [0.5, 0.6) is 0 Å². The summed E-state index contributed by atoms with van der Waals surface area (Å²) in [5.41, 5.74) is 0.801. The second-order valence-corrected chi connectivity index (χ2v) is 9.04. The Hall–Kier alpha value is -3.01. The highest BCUT2D eigenvalue weighted by Gasteiger charge is 2.48. The molecule has 2 aliphatic rings. The molecule has 0 spiro atoms. The van der Waals surface area contributed by atoms with Crippen LogP contribution in [-0.4, -0.2) is 70.0 Å². The molecule has 0 radical (unpaired) electrons. The van der Waals surface area contributed by atoms with Gasteiger partial charge in [-0.2, -0.15) is 4.98 Å². The van der Waals surface area contributed by atoms with Crippen LogP contribution in [0.1, 0.15) is 34.1 Å². The summed E-state index contributed by atoms with van der Waals surface area (Å²) < 4.78 is 16.5. The van der Waals surface area contributed by atoms with Gasteiger partial charge in [-0.3, -0.25) is 9.78 Å². The zero-order valence-corrected chi connectivity index (χ0v) is 18.9. The molecule has 172 valence electrons. The van der Waals surface area contributed by atoms with Crippen molar-refractivity contribution in [2.75, 3.05) is 31.1 Å². The number of carbonyl (C=O) groups is 2. The van der Waals surface area contributed by atoms with E-state index in [0.717, 1.165) is 5.56 Å². The molecule has 2 aliphatic heterocycles. The number of piperazine rings is 1. The minimum atomic E-state index is -1.01. The second-order valence-electron chi connectivity index (χ2n) is 9.04. The van der Waals surface area contributed by atoms with Gasteiger partial charge in [0.15, 0.2) is 6.10 Å². The lowest BCUT2D eigenvalue weighted by Crippen LogP contribution is -2.53. The van der Waals surface area contributed by atoms with Crippen molar-refractivity contribution in [3.63, 3.8) is 0 Å². The molecule has 10 heteroatoms. The molecular weight excluding hydrogens is 414 g/mol. The monoisotopic (exact) mass is 443 g/mol. The van der Waals surface area contributed by atoms with Crippen LogP contribution in [0.15, 0.2) is 29.0 Å². The first-order chi connectivity index (χ1) is 15.2. The summed E-state index contributed by atoms with van der Waals surface area (Å²) in [5, 5.41) is 4.08. The van der Waals surface area contributed by atoms with E-state index >= 15 is 0 Å². The summed E-state index contributed by atoms with van der Waals surface area (Å²) in [6.45, 7) is 9.56. The lowest BCUT2D eigenvalue weighted by Gasteiger charge is -2.36. The summed E-state index contributed by atoms with van der Waals surface area (Å²) in [7, 11) is 0. The number of ether oxygens (including phenoxy) is 2. The fraction of sp³-hybridized carbons (Fsp3) is 0.591. The van der Waals surface area contributed by atoms with Crippen molar-refractivity contribution in [2.24, 2.45) is 11.8 Å². The fourth-order valence-electron chi connectivity index (χ4n) is 4.10. The molecular formula is C22H29N5O5. The van der Waals surface area contributed by atoms with Crippen LogP contribution in [0.2, 0.25) is 0 Å². The Labute approximate surface area is 186 Å². The SMILES string of the molecule is CC(C)C[C@H](C(=O)N1CCN(c2noc(-c3ccncc3)n2)CC1)[C@H]1OC(C)(C)OC1=O. The largest absolute Gasteiger partial charge is 0.432 e. The molecule has 2 aromatic rings. The molecule has 1 amide bonds. The van der Waals surface area contributed by atoms with Crippen LogP contribution in [0.4, 0.5) is 5.95 Å². The Morgan fingerprint density at radius 3 is 2.47 bits per heavy atom. The smallest absolute Gasteiger partial charge is 0.338 e. The van der Waals surface area contributed by atoms with Crippen molar-refractivity contribution in [2.45, 2.75) is 46.0 Å². The first-order valence-electron chi connectivity index (χ1n) is 10.9. The third-order valence-electron chi connectivity index (χ3n) is 5.61. The van der Waals surface area contributed by atoms with Gasteiger partial charge in [-0.05, 0) is 29.6 Å². The van der Waals surface area contributed by atoms with Crippen molar-refractivity contribution >= 4 is 17.8 Å². The molecule has 2 saturated heterocycles. The van der Waals surface area contributed by atoms with Gasteiger partial charge in [-0.15, -0.1) is 0 Å². The molecule has 4 heterocycles. The number of aromatic nitrogens is 3. The van der Waals surface area contributed by atoms with Crippen LogP contribution in [0.25, 0.3) is 11.5 Å². The number of esters is 1. The number of cyclic esters (lactones) is 1. The average Bonchev–Trinajstić information content (AvgIpc) is 3.36. The lowest BCUT2D eigenvalue weighted by atomic mass is 9.90. The highest BCUT2D eigenvalue weighted by atomic mass is 16.8. The van der Waals surface area contributed by atoms with Crippen molar-refractivity contribution < 1.29 is 23.6 Å². The van der Waals surface area contributed by atoms with Crippen molar-refractivity contribution in [1.82, 2.24) is 20.0 Å². The molecule has 0 saturated carbocycles. The Kier molecular flexibility index (Phi) is 6.14. The van der Waals surface area contributed by atoms with Crippen LogP contribution in [0, 0.1) is 11.8 Å². The third kappa shape index (κ3) is 4.74. The lowest BCUT2D eigenvalue weighted by molar-refractivity contribution is -0.163. The Bertz CT molecular complexity index is 953. The van der Waals surface area contributed by atoms with Crippen molar-refractivity contribution in [3.05, 3.63) is 24.5 Å². The predicted molar refractivity (Wildman–Crippen MR) is 114 cm³/mol. The number of rotatable bonds is 6. The molecule has 2 atom stereocenters. The van der Waals surface area contributed by atoms with Crippen molar-refractivity contribution in [1.29, 1.82) is 0 Å². The van der Waals surface area contributed by atoms with Crippen LogP contribution in [0.3, 0.4) is 0 Å². The zero-order chi connectivity index (χ0) is 22.9. The van der Waals surface area contributed by atoms with Gasteiger partial charge in [0.2, 0.25) is 11.7 Å². The minimum Gasteiger partial charge on any atom is -0.432 e. The van der Waals surface area contributed by atoms with Gasteiger partial charge in [-0.25, -0.2) is 4.79 Å². The predicted octanol–water partition coefficient (Wildman–Crippen LogP) is 2.12. The molecule has 10 nitrogen and oxygen atoms in total.